The van der Waals surface area contributed by atoms with Crippen LogP contribution in [0.1, 0.15) is 6.42 Å². The molecular weight excluding hydrogens is 419 g/mol. The van der Waals surface area contributed by atoms with Gasteiger partial charge in [-0.05, 0) is 12.3 Å². The number of hydrogen-bond donors (Lipinski definition) is 3. The Morgan fingerprint density at radius 2 is 2.29 bits per heavy atom. The number of nitrogens with one attached hydrogen (secondary N) is 2. The smallest absolute Gasteiger partial charge is 0.230 e. The normalized spacial score (nSPS) is 23.6. The Labute approximate surface area is 181 Å². The van der Waals surface area contributed by atoms with Crippen LogP contribution in [-0.2, 0) is 9.53 Å². The van der Waals surface area contributed by atoms with Crippen molar-refractivity contribution in [3.63, 3.8) is 0 Å². The van der Waals surface area contributed by atoms with E-state index in [1.807, 2.05) is 12.2 Å². The molecule has 1 aliphatic heterocycles. The summed E-state index contributed by atoms with van der Waals surface area (Å²) in [5.41, 5.74) is 5.39. The Balaban J connectivity index is 1.70. The predicted molar refractivity (Wildman–Crippen MR) is 118 cm³/mol. The molecule has 0 aromatic heterocycles. The average Bonchev–Trinajstić information content (AvgIpc) is 2.69. The molecule has 0 aromatic carbocycles. The van der Waals surface area contributed by atoms with Crippen molar-refractivity contribution in [2.75, 3.05) is 45.2 Å². The molecule has 1 saturated heterocycles. The van der Waals surface area contributed by atoms with Gasteiger partial charge >= 0.3 is 0 Å². The van der Waals surface area contributed by atoms with Crippen LogP contribution in [0.15, 0.2) is 46.0 Å². The number of hydrogen-bond acceptors (Lipinski definition) is 6. The van der Waals surface area contributed by atoms with E-state index in [4.69, 9.17) is 33.7 Å². The van der Waals surface area contributed by atoms with E-state index in [9.17, 15) is 4.79 Å². The first-order valence-corrected chi connectivity index (χ1v) is 11.0. The fourth-order valence-corrected chi connectivity index (χ4v) is 4.07. The number of rotatable bonds is 10. The summed E-state index contributed by atoms with van der Waals surface area (Å²) in [5.74, 6) is 0.637. The Morgan fingerprint density at radius 1 is 1.46 bits per heavy atom. The SMILES string of the molecule is C=C/C(=C\NCN)SCC(=O)NC[C@H]1CN(CC2C=C(Cl)C(Cl)=CC2)CCO1. The van der Waals surface area contributed by atoms with Crippen LogP contribution < -0.4 is 16.4 Å². The van der Waals surface area contributed by atoms with Gasteiger partial charge in [-0.25, -0.2) is 0 Å². The number of halogens is 2. The third-order valence-electron chi connectivity index (χ3n) is 4.39. The standard InChI is InChI=1S/C19H28Cl2N4O2S/c1-2-16(9-23-13-22)28-12-19(26)24-8-15-11-25(5-6-27-15)10-14-3-4-17(20)18(21)7-14/h2,4,7,9,14-15,23H,1,3,5-6,8,10-13,22H2,(H,24,26)/b16-9+/t14?,15-/m0/s1. The highest BCUT2D eigenvalue weighted by Gasteiger charge is 2.24. The van der Waals surface area contributed by atoms with Crippen molar-refractivity contribution in [2.45, 2.75) is 12.5 Å². The summed E-state index contributed by atoms with van der Waals surface area (Å²) in [6.07, 6.45) is 8.32. The van der Waals surface area contributed by atoms with E-state index >= 15 is 0 Å². The third kappa shape index (κ3) is 8.19. The quantitative estimate of drug-likeness (QED) is 0.353. The topological polar surface area (TPSA) is 79.6 Å². The van der Waals surface area contributed by atoms with Crippen molar-refractivity contribution in [3.05, 3.63) is 46.0 Å². The summed E-state index contributed by atoms with van der Waals surface area (Å²) < 4.78 is 5.80. The molecule has 0 aromatic rings. The molecule has 0 spiro atoms. The molecule has 28 heavy (non-hydrogen) atoms. The van der Waals surface area contributed by atoms with Gasteiger partial charge in [0.2, 0.25) is 5.91 Å². The number of nitrogens with two attached hydrogens (primary N) is 1. The van der Waals surface area contributed by atoms with Crippen LogP contribution in [0, 0.1) is 5.92 Å². The molecule has 9 heteroatoms. The first-order valence-electron chi connectivity index (χ1n) is 9.24. The van der Waals surface area contributed by atoms with Crippen LogP contribution >= 0.6 is 35.0 Å². The monoisotopic (exact) mass is 446 g/mol. The molecule has 0 saturated carbocycles. The van der Waals surface area contributed by atoms with Gasteiger partial charge in [0.25, 0.3) is 0 Å². The van der Waals surface area contributed by atoms with Gasteiger partial charge in [-0.2, -0.15) is 0 Å². The van der Waals surface area contributed by atoms with Crippen LogP contribution in [0.2, 0.25) is 0 Å². The Kier molecular flexibility index (Phi) is 10.5. The van der Waals surface area contributed by atoms with Crippen molar-refractivity contribution in [2.24, 2.45) is 11.7 Å². The molecule has 1 aliphatic carbocycles. The molecule has 6 nitrogen and oxygen atoms in total. The molecule has 1 unspecified atom stereocenters. The highest BCUT2D eigenvalue weighted by atomic mass is 35.5. The molecule has 0 radical (unpaired) electrons. The lowest BCUT2D eigenvalue weighted by Gasteiger charge is -2.35. The second kappa shape index (κ2) is 12.6. The van der Waals surface area contributed by atoms with Crippen molar-refractivity contribution >= 4 is 40.9 Å². The number of morpholine rings is 1. The predicted octanol–water partition coefficient (Wildman–Crippen LogP) is 2.34. The van der Waals surface area contributed by atoms with E-state index in [1.165, 1.54) is 11.8 Å². The van der Waals surface area contributed by atoms with Gasteiger partial charge in [0.05, 0.1) is 35.2 Å². The molecule has 2 atom stereocenters. The maximum atomic E-state index is 12.1. The molecule has 4 N–H and O–H groups in total. The van der Waals surface area contributed by atoms with E-state index < -0.39 is 0 Å². The van der Waals surface area contributed by atoms with E-state index in [0.29, 0.717) is 41.6 Å². The third-order valence-corrected chi connectivity index (χ3v) is 6.19. The zero-order chi connectivity index (χ0) is 20.4. The Bertz CT molecular complexity index is 639. The summed E-state index contributed by atoms with van der Waals surface area (Å²) in [6.45, 7) is 7.78. The number of amides is 1. The van der Waals surface area contributed by atoms with Crippen LogP contribution in [0.25, 0.3) is 0 Å². The largest absolute Gasteiger partial charge is 0.378 e. The lowest BCUT2D eigenvalue weighted by molar-refractivity contribution is -0.119. The van der Waals surface area contributed by atoms with E-state index in [2.05, 4.69) is 22.1 Å². The van der Waals surface area contributed by atoms with Crippen molar-refractivity contribution in [1.82, 2.24) is 15.5 Å². The van der Waals surface area contributed by atoms with Gasteiger partial charge in [0.15, 0.2) is 0 Å². The number of allylic oxidation sites excluding steroid dienone is 4. The highest BCUT2D eigenvalue weighted by Crippen LogP contribution is 2.29. The molecule has 2 rings (SSSR count). The first kappa shape index (κ1) is 23.3. The fraction of sp³-hybridized carbons (Fsp3) is 0.526. The molecule has 156 valence electrons. The minimum absolute atomic E-state index is 0.0156. The number of carbonyl (C=O) groups excluding carboxylic acids is 1. The lowest BCUT2D eigenvalue weighted by atomic mass is 9.99. The molecule has 0 bridgehead atoms. The molecule has 1 amide bonds. The van der Waals surface area contributed by atoms with Crippen molar-refractivity contribution in [3.8, 4) is 0 Å². The summed E-state index contributed by atoms with van der Waals surface area (Å²) in [4.78, 5) is 15.3. The zero-order valence-electron chi connectivity index (χ0n) is 15.8. The van der Waals surface area contributed by atoms with Gasteiger partial charge in [-0.15, -0.1) is 11.8 Å². The second-order valence-electron chi connectivity index (χ2n) is 6.57. The maximum Gasteiger partial charge on any atom is 0.230 e. The highest BCUT2D eigenvalue weighted by molar-refractivity contribution is 8.03. The summed E-state index contributed by atoms with van der Waals surface area (Å²) in [5, 5.41) is 7.10. The van der Waals surface area contributed by atoms with Crippen LogP contribution in [0.3, 0.4) is 0 Å². The maximum absolute atomic E-state index is 12.1. The molecule has 1 fully saturated rings. The Hall–Kier alpha value is -0.960. The minimum Gasteiger partial charge on any atom is -0.378 e. The first-order chi connectivity index (χ1) is 13.5. The lowest BCUT2D eigenvalue weighted by Crippen LogP contribution is -2.48. The van der Waals surface area contributed by atoms with Gasteiger partial charge in [-0.3, -0.25) is 9.69 Å². The van der Waals surface area contributed by atoms with E-state index in [1.54, 1.807) is 12.3 Å². The van der Waals surface area contributed by atoms with Crippen molar-refractivity contribution in [1.29, 1.82) is 0 Å². The fourth-order valence-electron chi connectivity index (χ4n) is 2.98. The van der Waals surface area contributed by atoms with Gasteiger partial charge in [0, 0.05) is 37.3 Å². The van der Waals surface area contributed by atoms with E-state index in [-0.39, 0.29) is 12.0 Å². The number of nitrogens with zero attached hydrogens (tertiary/aromatic N) is 1. The zero-order valence-corrected chi connectivity index (χ0v) is 18.2. The Morgan fingerprint density at radius 3 is 3.00 bits per heavy atom. The molecular formula is C19H28Cl2N4O2S. The van der Waals surface area contributed by atoms with Crippen LogP contribution in [0.4, 0.5) is 0 Å². The van der Waals surface area contributed by atoms with E-state index in [0.717, 1.165) is 31.0 Å². The molecule has 2 aliphatic rings. The minimum atomic E-state index is -0.0343. The van der Waals surface area contributed by atoms with Crippen LogP contribution in [0.5, 0.6) is 0 Å². The van der Waals surface area contributed by atoms with Gasteiger partial charge in [-0.1, -0.05) is 48.0 Å². The van der Waals surface area contributed by atoms with Crippen molar-refractivity contribution < 1.29 is 9.53 Å². The summed E-state index contributed by atoms with van der Waals surface area (Å²) >= 11 is 13.6. The number of thioether (sulfide) groups is 1. The average molecular weight is 447 g/mol. The van der Waals surface area contributed by atoms with Gasteiger partial charge in [0.1, 0.15) is 0 Å². The second-order valence-corrected chi connectivity index (χ2v) is 8.43. The summed E-state index contributed by atoms with van der Waals surface area (Å²) in [7, 11) is 0. The number of ether oxygens (including phenoxy) is 1. The van der Waals surface area contributed by atoms with Gasteiger partial charge < -0.3 is 21.1 Å². The van der Waals surface area contributed by atoms with Crippen LogP contribution in [-0.4, -0.2) is 62.1 Å². The summed E-state index contributed by atoms with van der Waals surface area (Å²) in [6, 6.07) is 0. The number of carbonyl (C=O) groups is 1. The molecule has 1 heterocycles.